The largest absolute Gasteiger partial charge is 0.314 e. The van der Waals surface area contributed by atoms with Crippen LogP contribution >= 0.6 is 0 Å². The van der Waals surface area contributed by atoms with Crippen LogP contribution in [0.4, 0.5) is 5.82 Å². The van der Waals surface area contributed by atoms with Gasteiger partial charge in [0.25, 0.3) is 0 Å². The van der Waals surface area contributed by atoms with E-state index < -0.39 is 0 Å². The van der Waals surface area contributed by atoms with Crippen molar-refractivity contribution < 1.29 is 4.79 Å². The zero-order valence-electron chi connectivity index (χ0n) is 10.1. The standard InChI is InChI=1S/C12H19N3O/c1-10(2)13-9-7-12(16)15(3)11-6-4-5-8-14-11/h4-6,8,10,13H,7,9H2,1-3H3. The van der Waals surface area contributed by atoms with Crippen LogP contribution in [0.3, 0.4) is 0 Å². The van der Waals surface area contributed by atoms with Crippen LogP contribution in [0.15, 0.2) is 24.4 Å². The molecule has 0 aliphatic carbocycles. The Hall–Kier alpha value is -1.42. The van der Waals surface area contributed by atoms with E-state index in [9.17, 15) is 4.79 Å². The van der Waals surface area contributed by atoms with Crippen molar-refractivity contribution in [2.24, 2.45) is 0 Å². The third kappa shape index (κ3) is 3.98. The molecule has 1 aromatic heterocycles. The number of anilines is 1. The van der Waals surface area contributed by atoms with Gasteiger partial charge in [0.15, 0.2) is 0 Å². The summed E-state index contributed by atoms with van der Waals surface area (Å²) in [4.78, 5) is 17.5. The summed E-state index contributed by atoms with van der Waals surface area (Å²) >= 11 is 0. The van der Waals surface area contributed by atoms with Gasteiger partial charge in [-0.2, -0.15) is 0 Å². The molecule has 0 bridgehead atoms. The van der Waals surface area contributed by atoms with Crippen LogP contribution in [0, 0.1) is 0 Å². The van der Waals surface area contributed by atoms with E-state index in [0.717, 1.165) is 0 Å². The molecule has 0 aromatic carbocycles. The molecule has 1 amide bonds. The van der Waals surface area contributed by atoms with E-state index >= 15 is 0 Å². The van der Waals surface area contributed by atoms with Crippen molar-refractivity contribution in [1.82, 2.24) is 10.3 Å². The van der Waals surface area contributed by atoms with Crippen LogP contribution in [-0.4, -0.2) is 30.5 Å². The molecule has 4 nitrogen and oxygen atoms in total. The fourth-order valence-electron chi connectivity index (χ4n) is 1.32. The van der Waals surface area contributed by atoms with Crippen molar-refractivity contribution in [2.75, 3.05) is 18.5 Å². The zero-order valence-corrected chi connectivity index (χ0v) is 10.1. The van der Waals surface area contributed by atoms with E-state index in [4.69, 9.17) is 0 Å². The number of nitrogens with zero attached hydrogens (tertiary/aromatic N) is 2. The minimum Gasteiger partial charge on any atom is -0.314 e. The van der Waals surface area contributed by atoms with Crippen LogP contribution in [0.5, 0.6) is 0 Å². The molecular weight excluding hydrogens is 202 g/mol. The number of aromatic nitrogens is 1. The quantitative estimate of drug-likeness (QED) is 0.818. The summed E-state index contributed by atoms with van der Waals surface area (Å²) < 4.78 is 0. The monoisotopic (exact) mass is 221 g/mol. The molecule has 88 valence electrons. The van der Waals surface area contributed by atoms with Gasteiger partial charge in [-0.25, -0.2) is 4.98 Å². The predicted octanol–water partition coefficient (Wildman–Crippen LogP) is 1.43. The van der Waals surface area contributed by atoms with Gasteiger partial charge in [0, 0.05) is 32.3 Å². The second-order valence-electron chi connectivity index (χ2n) is 4.00. The van der Waals surface area contributed by atoms with Crippen LogP contribution in [0.25, 0.3) is 0 Å². The summed E-state index contributed by atoms with van der Waals surface area (Å²) in [6, 6.07) is 5.95. The number of hydrogen-bond acceptors (Lipinski definition) is 3. The Morgan fingerprint density at radius 1 is 1.50 bits per heavy atom. The van der Waals surface area contributed by atoms with Crippen LogP contribution < -0.4 is 10.2 Å². The smallest absolute Gasteiger partial charge is 0.229 e. The topological polar surface area (TPSA) is 45.2 Å². The van der Waals surface area contributed by atoms with Crippen LogP contribution in [0.1, 0.15) is 20.3 Å². The number of pyridine rings is 1. The molecule has 0 fully saturated rings. The lowest BCUT2D eigenvalue weighted by Gasteiger charge is -2.16. The summed E-state index contributed by atoms with van der Waals surface area (Å²) in [5, 5.41) is 3.21. The minimum absolute atomic E-state index is 0.0758. The molecule has 0 atom stereocenters. The Labute approximate surface area is 96.7 Å². The molecule has 0 spiro atoms. The van der Waals surface area contributed by atoms with E-state index in [1.165, 1.54) is 0 Å². The molecule has 16 heavy (non-hydrogen) atoms. The van der Waals surface area contributed by atoms with Crippen molar-refractivity contribution in [3.05, 3.63) is 24.4 Å². The summed E-state index contributed by atoms with van der Waals surface area (Å²) in [5.41, 5.74) is 0. The first kappa shape index (κ1) is 12.6. The second kappa shape index (κ2) is 6.23. The van der Waals surface area contributed by atoms with Gasteiger partial charge in [-0.1, -0.05) is 19.9 Å². The van der Waals surface area contributed by atoms with Gasteiger partial charge >= 0.3 is 0 Å². The minimum atomic E-state index is 0.0758. The molecular formula is C12H19N3O. The van der Waals surface area contributed by atoms with Crippen molar-refractivity contribution >= 4 is 11.7 Å². The summed E-state index contributed by atoms with van der Waals surface area (Å²) in [6.07, 6.45) is 2.18. The van der Waals surface area contributed by atoms with E-state index in [1.54, 1.807) is 18.1 Å². The van der Waals surface area contributed by atoms with Gasteiger partial charge < -0.3 is 5.32 Å². The van der Waals surface area contributed by atoms with Gasteiger partial charge in [0.1, 0.15) is 5.82 Å². The van der Waals surface area contributed by atoms with Crippen LogP contribution in [0.2, 0.25) is 0 Å². The van der Waals surface area contributed by atoms with Gasteiger partial charge in [-0.05, 0) is 12.1 Å². The molecule has 0 saturated carbocycles. The Balaban J connectivity index is 2.43. The Morgan fingerprint density at radius 2 is 2.25 bits per heavy atom. The molecule has 1 aromatic rings. The highest BCUT2D eigenvalue weighted by atomic mass is 16.2. The van der Waals surface area contributed by atoms with E-state index in [2.05, 4.69) is 24.1 Å². The summed E-state index contributed by atoms with van der Waals surface area (Å²) in [5.74, 6) is 0.767. The molecule has 0 aliphatic rings. The van der Waals surface area contributed by atoms with Crippen molar-refractivity contribution in [3.8, 4) is 0 Å². The normalized spacial score (nSPS) is 10.5. The molecule has 1 N–H and O–H groups in total. The van der Waals surface area contributed by atoms with Gasteiger partial charge in [-0.3, -0.25) is 9.69 Å². The second-order valence-corrected chi connectivity index (χ2v) is 4.00. The fraction of sp³-hybridized carbons (Fsp3) is 0.500. The number of carbonyl (C=O) groups is 1. The zero-order chi connectivity index (χ0) is 12.0. The number of rotatable bonds is 5. The first-order valence-electron chi connectivity index (χ1n) is 5.52. The third-order valence-corrected chi connectivity index (χ3v) is 2.26. The lowest BCUT2D eigenvalue weighted by atomic mass is 10.3. The molecule has 0 unspecified atom stereocenters. The number of carbonyl (C=O) groups excluding carboxylic acids is 1. The molecule has 4 heteroatoms. The highest BCUT2D eigenvalue weighted by Gasteiger charge is 2.10. The lowest BCUT2D eigenvalue weighted by Crippen LogP contribution is -2.32. The average molecular weight is 221 g/mol. The summed E-state index contributed by atoms with van der Waals surface area (Å²) in [7, 11) is 1.75. The maximum atomic E-state index is 11.8. The highest BCUT2D eigenvalue weighted by Crippen LogP contribution is 2.07. The molecule has 1 heterocycles. The number of amides is 1. The predicted molar refractivity (Wildman–Crippen MR) is 65.4 cm³/mol. The third-order valence-electron chi connectivity index (χ3n) is 2.26. The van der Waals surface area contributed by atoms with E-state index in [0.29, 0.717) is 24.8 Å². The maximum absolute atomic E-state index is 11.8. The Bertz CT molecular complexity index is 324. The molecule has 0 radical (unpaired) electrons. The fourth-order valence-corrected chi connectivity index (χ4v) is 1.32. The molecule has 0 saturated heterocycles. The lowest BCUT2D eigenvalue weighted by molar-refractivity contribution is -0.118. The van der Waals surface area contributed by atoms with E-state index in [1.807, 2.05) is 18.2 Å². The van der Waals surface area contributed by atoms with Crippen molar-refractivity contribution in [1.29, 1.82) is 0 Å². The maximum Gasteiger partial charge on any atom is 0.229 e. The summed E-state index contributed by atoms with van der Waals surface area (Å²) in [6.45, 7) is 4.83. The first-order valence-corrected chi connectivity index (χ1v) is 5.52. The Kier molecular flexibility index (Phi) is 4.92. The number of nitrogens with one attached hydrogen (secondary N) is 1. The number of hydrogen-bond donors (Lipinski definition) is 1. The van der Waals surface area contributed by atoms with Gasteiger partial charge in [-0.15, -0.1) is 0 Å². The highest BCUT2D eigenvalue weighted by molar-refractivity contribution is 5.91. The SMILES string of the molecule is CC(C)NCCC(=O)N(C)c1ccccn1. The van der Waals surface area contributed by atoms with Crippen LogP contribution in [-0.2, 0) is 4.79 Å². The van der Waals surface area contributed by atoms with Gasteiger partial charge in [0.05, 0.1) is 0 Å². The molecule has 0 aliphatic heterocycles. The Morgan fingerprint density at radius 3 is 2.81 bits per heavy atom. The van der Waals surface area contributed by atoms with Gasteiger partial charge in [0.2, 0.25) is 5.91 Å². The van der Waals surface area contributed by atoms with Crippen molar-refractivity contribution in [3.63, 3.8) is 0 Å². The van der Waals surface area contributed by atoms with Crippen molar-refractivity contribution in [2.45, 2.75) is 26.3 Å². The van der Waals surface area contributed by atoms with E-state index in [-0.39, 0.29) is 5.91 Å². The first-order chi connectivity index (χ1) is 7.61. The molecule has 1 rings (SSSR count). The average Bonchev–Trinajstić information content (AvgIpc) is 2.28.